The maximum atomic E-state index is 11.7. The lowest BCUT2D eigenvalue weighted by molar-refractivity contribution is 0.0490. The fraction of sp³-hybridized carbons (Fsp3) is 0.800. The van der Waals surface area contributed by atoms with Crippen LogP contribution in [0.2, 0.25) is 0 Å². The number of rotatable bonds is 3. The average molecular weight is 345 g/mol. The van der Waals surface area contributed by atoms with E-state index in [4.69, 9.17) is 21.7 Å². The minimum Gasteiger partial charge on any atom is -0.450 e. The van der Waals surface area contributed by atoms with E-state index in [9.17, 15) is 9.59 Å². The molecule has 8 heteroatoms. The molecule has 0 aromatic rings. The molecule has 0 aliphatic heterocycles. The Bertz CT molecular complexity index is 429. The summed E-state index contributed by atoms with van der Waals surface area (Å²) in [6.07, 6.45) is 2.44. The second-order valence-corrected chi connectivity index (χ2v) is 6.92. The Morgan fingerprint density at radius 3 is 2.04 bits per heavy atom. The lowest BCUT2D eigenvalue weighted by Gasteiger charge is -2.31. The highest BCUT2D eigenvalue weighted by Gasteiger charge is 2.25. The van der Waals surface area contributed by atoms with Crippen molar-refractivity contribution in [2.45, 2.75) is 71.1 Å². The summed E-state index contributed by atoms with van der Waals surface area (Å²) in [5, 5.41) is 8.72. The zero-order chi connectivity index (χ0) is 17.5. The van der Waals surface area contributed by atoms with Crippen molar-refractivity contribution in [1.29, 1.82) is 0 Å². The summed E-state index contributed by atoms with van der Waals surface area (Å²) in [5.41, 5.74) is -0.492. The Morgan fingerprint density at radius 1 is 1.04 bits per heavy atom. The lowest BCUT2D eigenvalue weighted by Crippen LogP contribution is -2.48. The Morgan fingerprint density at radius 2 is 1.57 bits per heavy atom. The topological polar surface area (TPSA) is 88.7 Å². The first-order valence-corrected chi connectivity index (χ1v) is 8.34. The molecule has 0 aromatic heterocycles. The van der Waals surface area contributed by atoms with Gasteiger partial charge in [0.2, 0.25) is 0 Å². The number of ether oxygens (including phenoxy) is 2. The lowest BCUT2D eigenvalue weighted by atomic mass is 9.91. The first-order valence-electron chi connectivity index (χ1n) is 7.93. The largest absolute Gasteiger partial charge is 0.450 e. The maximum absolute atomic E-state index is 11.7. The summed E-state index contributed by atoms with van der Waals surface area (Å²) >= 11 is 5.07. The van der Waals surface area contributed by atoms with Gasteiger partial charge in [-0.3, -0.25) is 5.32 Å². The molecule has 2 amide bonds. The van der Waals surface area contributed by atoms with Crippen LogP contribution in [0.15, 0.2) is 0 Å². The number of amides is 2. The van der Waals surface area contributed by atoms with Crippen LogP contribution in [0.25, 0.3) is 0 Å². The van der Waals surface area contributed by atoms with Crippen molar-refractivity contribution in [1.82, 2.24) is 16.0 Å². The molecule has 1 saturated carbocycles. The highest BCUT2D eigenvalue weighted by atomic mass is 32.1. The van der Waals surface area contributed by atoms with Crippen molar-refractivity contribution in [3.05, 3.63) is 0 Å². The third-order valence-corrected chi connectivity index (χ3v) is 3.49. The van der Waals surface area contributed by atoms with Gasteiger partial charge in [0.15, 0.2) is 5.11 Å². The second-order valence-electron chi connectivity index (χ2n) is 6.51. The zero-order valence-corrected chi connectivity index (χ0v) is 15.0. The van der Waals surface area contributed by atoms with Gasteiger partial charge in [-0.1, -0.05) is 0 Å². The summed E-state index contributed by atoms with van der Waals surface area (Å²) in [6.45, 7) is 7.55. The van der Waals surface area contributed by atoms with Crippen LogP contribution in [0.1, 0.15) is 53.4 Å². The Balaban J connectivity index is 2.26. The molecular weight excluding hydrogens is 318 g/mol. The third kappa shape index (κ3) is 8.59. The van der Waals surface area contributed by atoms with Crippen molar-refractivity contribution >= 4 is 29.5 Å². The molecule has 1 aliphatic carbocycles. The van der Waals surface area contributed by atoms with Gasteiger partial charge in [-0.05, 0) is 65.6 Å². The fourth-order valence-corrected chi connectivity index (χ4v) is 2.59. The zero-order valence-electron chi connectivity index (χ0n) is 14.2. The van der Waals surface area contributed by atoms with Gasteiger partial charge in [0.05, 0.1) is 6.61 Å². The Kier molecular flexibility index (Phi) is 7.54. The number of carbonyl (C=O) groups excluding carboxylic acids is 2. The quantitative estimate of drug-likeness (QED) is 0.681. The molecular formula is C15H27N3O4S. The van der Waals surface area contributed by atoms with E-state index in [1.165, 1.54) is 0 Å². The minimum atomic E-state index is -0.551. The van der Waals surface area contributed by atoms with Gasteiger partial charge in [-0.25, -0.2) is 9.59 Å². The number of thiocarbonyl (C=S) groups is 1. The van der Waals surface area contributed by atoms with Crippen LogP contribution in [-0.2, 0) is 9.47 Å². The van der Waals surface area contributed by atoms with Crippen molar-refractivity contribution < 1.29 is 19.1 Å². The van der Waals surface area contributed by atoms with Crippen molar-refractivity contribution in [3.63, 3.8) is 0 Å². The van der Waals surface area contributed by atoms with Crippen molar-refractivity contribution in [2.75, 3.05) is 6.61 Å². The standard InChI is InChI=1S/C15H27N3O4S/c1-5-21-13(19)18-12(23)16-10-6-8-11(9-7-10)17-14(20)22-15(2,3)4/h10-11H,5-9H2,1-4H3,(H,17,20)(H2,16,18,19,23). The van der Waals surface area contributed by atoms with E-state index in [0.29, 0.717) is 6.61 Å². The highest BCUT2D eigenvalue weighted by molar-refractivity contribution is 7.80. The van der Waals surface area contributed by atoms with Crippen LogP contribution in [0.3, 0.4) is 0 Å². The van der Waals surface area contributed by atoms with E-state index < -0.39 is 11.7 Å². The number of hydrogen-bond donors (Lipinski definition) is 3. The van der Waals surface area contributed by atoms with Gasteiger partial charge in [0, 0.05) is 12.1 Å². The smallest absolute Gasteiger partial charge is 0.413 e. The van der Waals surface area contributed by atoms with Crippen LogP contribution in [-0.4, -0.2) is 41.6 Å². The van der Waals surface area contributed by atoms with E-state index in [1.54, 1.807) is 6.92 Å². The first kappa shape index (κ1) is 19.5. The van der Waals surface area contributed by atoms with E-state index in [1.807, 2.05) is 20.8 Å². The molecule has 0 heterocycles. The molecule has 0 atom stereocenters. The molecule has 0 bridgehead atoms. The van der Waals surface area contributed by atoms with Gasteiger partial charge in [0.1, 0.15) is 5.60 Å². The van der Waals surface area contributed by atoms with E-state index in [0.717, 1.165) is 25.7 Å². The molecule has 0 saturated heterocycles. The third-order valence-electron chi connectivity index (χ3n) is 3.27. The van der Waals surface area contributed by atoms with E-state index in [2.05, 4.69) is 16.0 Å². The van der Waals surface area contributed by atoms with Gasteiger partial charge >= 0.3 is 12.2 Å². The van der Waals surface area contributed by atoms with Gasteiger partial charge < -0.3 is 20.1 Å². The molecule has 7 nitrogen and oxygen atoms in total. The molecule has 3 N–H and O–H groups in total. The summed E-state index contributed by atoms with van der Waals surface area (Å²) in [5.74, 6) is 0. The predicted octanol–water partition coefficient (Wildman–Crippen LogP) is 2.44. The maximum Gasteiger partial charge on any atom is 0.413 e. The van der Waals surface area contributed by atoms with Crippen molar-refractivity contribution in [2.24, 2.45) is 0 Å². The molecule has 23 heavy (non-hydrogen) atoms. The molecule has 0 unspecified atom stereocenters. The number of hydrogen-bond acceptors (Lipinski definition) is 5. The van der Waals surface area contributed by atoms with Gasteiger partial charge in [-0.15, -0.1) is 0 Å². The normalized spacial score (nSPS) is 21.0. The van der Waals surface area contributed by atoms with Crippen LogP contribution >= 0.6 is 12.2 Å². The number of nitrogens with one attached hydrogen (secondary N) is 3. The van der Waals surface area contributed by atoms with Gasteiger partial charge in [-0.2, -0.15) is 0 Å². The fourth-order valence-electron chi connectivity index (χ4n) is 2.34. The SMILES string of the molecule is CCOC(=O)NC(=S)NC1CCC(NC(=O)OC(C)(C)C)CC1. The number of alkyl carbamates (subject to hydrolysis) is 2. The summed E-state index contributed by atoms with van der Waals surface area (Å²) in [6, 6.07) is 0.288. The minimum absolute atomic E-state index is 0.106. The summed E-state index contributed by atoms with van der Waals surface area (Å²) in [4.78, 5) is 23.0. The molecule has 0 spiro atoms. The predicted molar refractivity (Wildman–Crippen MR) is 91.3 cm³/mol. The number of carbonyl (C=O) groups is 2. The molecule has 0 radical (unpaired) electrons. The first-order chi connectivity index (χ1) is 10.7. The van der Waals surface area contributed by atoms with Crippen LogP contribution < -0.4 is 16.0 Å². The van der Waals surface area contributed by atoms with Crippen molar-refractivity contribution in [3.8, 4) is 0 Å². The summed E-state index contributed by atoms with van der Waals surface area (Å²) in [7, 11) is 0. The molecule has 132 valence electrons. The molecule has 1 fully saturated rings. The van der Waals surface area contributed by atoms with Crippen LogP contribution in [0, 0.1) is 0 Å². The Labute approximate surface area is 142 Å². The molecule has 1 aliphatic rings. The van der Waals surface area contributed by atoms with Gasteiger partial charge in [0.25, 0.3) is 0 Å². The monoisotopic (exact) mass is 345 g/mol. The summed E-state index contributed by atoms with van der Waals surface area (Å²) < 4.78 is 10.0. The van der Waals surface area contributed by atoms with Crippen LogP contribution in [0.5, 0.6) is 0 Å². The van der Waals surface area contributed by atoms with E-state index in [-0.39, 0.29) is 23.3 Å². The van der Waals surface area contributed by atoms with Crippen LogP contribution in [0.4, 0.5) is 9.59 Å². The highest BCUT2D eigenvalue weighted by Crippen LogP contribution is 2.19. The van der Waals surface area contributed by atoms with E-state index >= 15 is 0 Å². The average Bonchev–Trinajstić information content (AvgIpc) is 2.38. The Hall–Kier alpha value is -1.57. The molecule has 0 aromatic carbocycles. The molecule has 1 rings (SSSR count). The second kappa shape index (κ2) is 8.90.